The number of rotatable bonds is 5. The quantitative estimate of drug-likeness (QED) is 0.412. The minimum absolute atomic E-state index is 0.113. The van der Waals surface area contributed by atoms with Crippen molar-refractivity contribution >= 4 is 17.2 Å². The highest BCUT2D eigenvalue weighted by atomic mass is 16.1. The maximum atomic E-state index is 13.2. The number of aryl methyl sites for hydroxylation is 1. The van der Waals surface area contributed by atoms with E-state index in [1.807, 2.05) is 84.6 Å². The topological polar surface area (TPSA) is 73.4 Å². The largest absolute Gasteiger partial charge is 0.384 e. The van der Waals surface area contributed by atoms with Crippen molar-refractivity contribution in [3.63, 3.8) is 0 Å². The lowest BCUT2D eigenvalue weighted by atomic mass is 9.75. The fourth-order valence-electron chi connectivity index (χ4n) is 5.33. The summed E-state index contributed by atoms with van der Waals surface area (Å²) in [5.41, 5.74) is 12.8. The number of nitriles is 1. The van der Waals surface area contributed by atoms with Gasteiger partial charge in [-0.2, -0.15) is 5.26 Å². The molecular formula is C33H36N4O. The van der Waals surface area contributed by atoms with Gasteiger partial charge in [-0.05, 0) is 69.0 Å². The van der Waals surface area contributed by atoms with Crippen molar-refractivity contribution in [1.82, 2.24) is 0 Å². The standard InChI is InChI=1S/C27H30N4O.C6H6/c1-4-30(5-2)20-14-12-19(13-15-20)25-22(17-28)27(29)31(21-9-6-8-18(3)16-21)23-10-7-11-24(32)26(23)25;1-2-4-6-5-3-1/h6,8-9,12-16,25H,4-5,7,10-11,29H2,1-3H3;1-6H. The number of nitrogens with two attached hydrogens (primary N) is 1. The van der Waals surface area contributed by atoms with Crippen molar-refractivity contribution in [3.05, 3.63) is 119 Å². The number of anilines is 2. The lowest BCUT2D eigenvalue weighted by Gasteiger charge is -2.39. The van der Waals surface area contributed by atoms with E-state index in [-0.39, 0.29) is 5.78 Å². The minimum atomic E-state index is -0.422. The van der Waals surface area contributed by atoms with Crippen LogP contribution in [0.5, 0.6) is 0 Å². The van der Waals surface area contributed by atoms with E-state index in [4.69, 9.17) is 5.73 Å². The number of Topliss-reactive ketones (excluding diaryl/α,β-unsaturated/α-hetero) is 1. The normalized spacial score (nSPS) is 16.8. The van der Waals surface area contributed by atoms with Gasteiger partial charge in [0.2, 0.25) is 0 Å². The Morgan fingerprint density at radius 2 is 1.58 bits per heavy atom. The summed E-state index contributed by atoms with van der Waals surface area (Å²) in [4.78, 5) is 17.4. The summed E-state index contributed by atoms with van der Waals surface area (Å²) < 4.78 is 0. The maximum Gasteiger partial charge on any atom is 0.161 e. The van der Waals surface area contributed by atoms with Gasteiger partial charge >= 0.3 is 0 Å². The fraction of sp³-hybridized carbons (Fsp3) is 0.273. The molecule has 38 heavy (non-hydrogen) atoms. The van der Waals surface area contributed by atoms with Gasteiger partial charge in [-0.15, -0.1) is 0 Å². The van der Waals surface area contributed by atoms with Crippen LogP contribution in [0.15, 0.2) is 108 Å². The third-order valence-corrected chi connectivity index (χ3v) is 7.19. The lowest BCUT2D eigenvalue weighted by Crippen LogP contribution is -2.38. The molecule has 3 aromatic rings. The van der Waals surface area contributed by atoms with Gasteiger partial charge in [0.15, 0.2) is 5.78 Å². The molecule has 2 aliphatic rings. The predicted molar refractivity (Wildman–Crippen MR) is 156 cm³/mol. The summed E-state index contributed by atoms with van der Waals surface area (Å²) in [5.74, 6) is 0.112. The monoisotopic (exact) mass is 504 g/mol. The smallest absolute Gasteiger partial charge is 0.161 e. The van der Waals surface area contributed by atoms with Crippen molar-refractivity contribution in [3.8, 4) is 6.07 Å². The number of hydrogen-bond acceptors (Lipinski definition) is 5. The van der Waals surface area contributed by atoms with E-state index in [1.165, 1.54) is 0 Å². The van der Waals surface area contributed by atoms with Gasteiger partial charge < -0.3 is 10.6 Å². The van der Waals surface area contributed by atoms with Crippen molar-refractivity contribution in [2.75, 3.05) is 22.9 Å². The molecule has 1 atom stereocenters. The van der Waals surface area contributed by atoms with Crippen LogP contribution in [0.25, 0.3) is 0 Å². The molecule has 0 aromatic heterocycles. The van der Waals surface area contributed by atoms with Gasteiger partial charge in [-0.1, -0.05) is 60.7 Å². The molecule has 0 radical (unpaired) electrons. The molecule has 3 aromatic carbocycles. The van der Waals surface area contributed by atoms with Crippen LogP contribution in [-0.4, -0.2) is 18.9 Å². The highest BCUT2D eigenvalue weighted by molar-refractivity contribution is 6.01. The zero-order chi connectivity index (χ0) is 27.1. The zero-order valence-electron chi connectivity index (χ0n) is 22.5. The molecule has 0 fully saturated rings. The first-order chi connectivity index (χ1) is 18.5. The Hall–Kier alpha value is -4.30. The number of hydrogen-bond donors (Lipinski definition) is 1. The highest BCUT2D eigenvalue weighted by Gasteiger charge is 2.40. The number of allylic oxidation sites excluding steroid dienone is 3. The number of carbonyl (C=O) groups is 1. The minimum Gasteiger partial charge on any atom is -0.384 e. The van der Waals surface area contributed by atoms with E-state index in [1.54, 1.807) is 0 Å². The molecule has 194 valence electrons. The Bertz CT molecular complexity index is 1340. The average Bonchev–Trinajstić information content (AvgIpc) is 2.95. The summed E-state index contributed by atoms with van der Waals surface area (Å²) in [6, 6.07) is 30.6. The average molecular weight is 505 g/mol. The van der Waals surface area contributed by atoms with Gasteiger partial charge in [0, 0.05) is 42.2 Å². The van der Waals surface area contributed by atoms with Crippen molar-refractivity contribution in [2.45, 2.75) is 46.0 Å². The zero-order valence-corrected chi connectivity index (χ0v) is 22.5. The molecule has 0 amide bonds. The molecule has 5 rings (SSSR count). The molecule has 1 unspecified atom stereocenters. The Balaban J connectivity index is 0.000000494. The van der Waals surface area contributed by atoms with E-state index in [0.29, 0.717) is 17.8 Å². The van der Waals surface area contributed by atoms with Gasteiger partial charge in [0.1, 0.15) is 5.82 Å². The number of benzene rings is 3. The van der Waals surface area contributed by atoms with Crippen LogP contribution in [-0.2, 0) is 4.79 Å². The van der Waals surface area contributed by atoms with Crippen molar-refractivity contribution in [2.24, 2.45) is 5.73 Å². The number of ketones is 1. The molecule has 2 N–H and O–H groups in total. The first kappa shape index (κ1) is 26.8. The predicted octanol–water partition coefficient (Wildman–Crippen LogP) is 6.83. The summed E-state index contributed by atoms with van der Waals surface area (Å²) in [7, 11) is 0. The first-order valence-corrected chi connectivity index (χ1v) is 13.4. The lowest BCUT2D eigenvalue weighted by molar-refractivity contribution is -0.116. The van der Waals surface area contributed by atoms with E-state index >= 15 is 0 Å². The molecule has 5 heteroatoms. The molecular weight excluding hydrogens is 468 g/mol. The third kappa shape index (κ3) is 5.50. The van der Waals surface area contributed by atoms with Crippen molar-refractivity contribution < 1.29 is 4.79 Å². The maximum absolute atomic E-state index is 13.2. The number of carbonyl (C=O) groups excluding carboxylic acids is 1. The van der Waals surface area contributed by atoms with E-state index in [0.717, 1.165) is 59.7 Å². The van der Waals surface area contributed by atoms with E-state index < -0.39 is 5.92 Å². The molecule has 0 spiro atoms. The SMILES string of the molecule is CCN(CC)c1ccc(C2C(C#N)=C(N)N(c3cccc(C)c3)C3=C2C(=O)CCC3)cc1.c1ccccc1. The second-order valence-electron chi connectivity index (χ2n) is 9.57. The summed E-state index contributed by atoms with van der Waals surface area (Å²) in [6.07, 6.45) is 2.07. The molecule has 1 aliphatic heterocycles. The van der Waals surface area contributed by atoms with Crippen LogP contribution in [0.2, 0.25) is 0 Å². The van der Waals surface area contributed by atoms with Crippen LogP contribution in [0.4, 0.5) is 11.4 Å². The Labute approximate surface area is 226 Å². The summed E-state index contributed by atoms with van der Waals surface area (Å²) >= 11 is 0. The highest BCUT2D eigenvalue weighted by Crippen LogP contribution is 2.46. The number of nitrogens with zero attached hydrogens (tertiary/aromatic N) is 3. The van der Waals surface area contributed by atoms with Crippen molar-refractivity contribution in [1.29, 1.82) is 5.26 Å². The van der Waals surface area contributed by atoms with Gasteiger partial charge in [0.25, 0.3) is 0 Å². The van der Waals surface area contributed by atoms with Gasteiger partial charge in [0.05, 0.1) is 17.6 Å². The molecule has 1 heterocycles. The fourth-order valence-corrected chi connectivity index (χ4v) is 5.33. The van der Waals surface area contributed by atoms with Gasteiger partial charge in [-0.25, -0.2) is 0 Å². The van der Waals surface area contributed by atoms with E-state index in [2.05, 4.69) is 36.9 Å². The van der Waals surface area contributed by atoms with Crippen LogP contribution in [0, 0.1) is 18.3 Å². The second kappa shape index (κ2) is 12.3. The third-order valence-electron chi connectivity index (χ3n) is 7.19. The molecule has 1 aliphatic carbocycles. The Morgan fingerprint density at radius 3 is 2.13 bits per heavy atom. The molecule has 0 saturated carbocycles. The molecule has 0 saturated heterocycles. The molecule has 5 nitrogen and oxygen atoms in total. The van der Waals surface area contributed by atoms with Crippen LogP contribution in [0.3, 0.4) is 0 Å². The van der Waals surface area contributed by atoms with E-state index in [9.17, 15) is 10.1 Å². The van der Waals surface area contributed by atoms with Crippen LogP contribution in [0.1, 0.15) is 50.2 Å². The second-order valence-corrected chi connectivity index (χ2v) is 9.57. The Morgan fingerprint density at radius 1 is 0.947 bits per heavy atom. The Kier molecular flexibility index (Phi) is 8.66. The first-order valence-electron chi connectivity index (χ1n) is 13.4. The van der Waals surface area contributed by atoms with Gasteiger partial charge in [-0.3, -0.25) is 9.69 Å². The molecule has 0 bridgehead atoms. The summed E-state index contributed by atoms with van der Waals surface area (Å²) in [6.45, 7) is 8.14. The summed E-state index contributed by atoms with van der Waals surface area (Å²) in [5, 5.41) is 10.2. The van der Waals surface area contributed by atoms with Crippen LogP contribution < -0.4 is 15.5 Å². The van der Waals surface area contributed by atoms with Crippen LogP contribution >= 0.6 is 0 Å².